The number of aliphatic hydroxyl groups is 1. The normalized spacial score (nSPS) is 47.8. The van der Waals surface area contributed by atoms with Gasteiger partial charge < -0.3 is 9.84 Å². The molecule has 1 N–H and O–H groups in total. The van der Waals surface area contributed by atoms with Gasteiger partial charge in [0.15, 0.2) is 0 Å². The Morgan fingerprint density at radius 3 is 2.67 bits per heavy atom. The lowest BCUT2D eigenvalue weighted by molar-refractivity contribution is -0.160. The maximum Gasteiger partial charge on any atom is 0.0784 e. The SMILES string of the molecule is CC1(C)CCCC1(O)C1CCOC2(CCSC2)C1. The molecule has 0 radical (unpaired) electrons. The van der Waals surface area contributed by atoms with Crippen LogP contribution in [0.25, 0.3) is 0 Å². The highest BCUT2D eigenvalue weighted by Gasteiger charge is 2.55. The Balaban J connectivity index is 1.80. The number of thioether (sulfide) groups is 1. The third-order valence-electron chi connectivity index (χ3n) is 5.77. The Morgan fingerprint density at radius 1 is 1.22 bits per heavy atom. The molecule has 2 heterocycles. The minimum Gasteiger partial charge on any atom is -0.389 e. The summed E-state index contributed by atoms with van der Waals surface area (Å²) in [6.07, 6.45) is 6.66. The third kappa shape index (κ3) is 1.94. The standard InChI is InChI=1S/C15H26O2S/c1-13(2)5-3-6-15(13,16)12-4-8-17-14(10-12)7-9-18-11-14/h12,16H,3-11H2,1-2H3. The Hall–Kier alpha value is 0.270. The fourth-order valence-corrected chi connectivity index (χ4v) is 5.79. The molecule has 2 aliphatic heterocycles. The van der Waals surface area contributed by atoms with Gasteiger partial charge in [0.25, 0.3) is 0 Å². The van der Waals surface area contributed by atoms with Crippen molar-refractivity contribution in [3.8, 4) is 0 Å². The summed E-state index contributed by atoms with van der Waals surface area (Å²) in [5.74, 6) is 2.82. The molecule has 0 amide bonds. The van der Waals surface area contributed by atoms with E-state index >= 15 is 0 Å². The maximum atomic E-state index is 11.2. The van der Waals surface area contributed by atoms with E-state index in [2.05, 4.69) is 13.8 Å². The average Bonchev–Trinajstić information content (AvgIpc) is 2.86. The predicted molar refractivity (Wildman–Crippen MR) is 75.9 cm³/mol. The van der Waals surface area contributed by atoms with Crippen molar-refractivity contribution in [3.63, 3.8) is 0 Å². The number of ether oxygens (including phenoxy) is 1. The van der Waals surface area contributed by atoms with E-state index in [1.165, 1.54) is 25.0 Å². The molecule has 18 heavy (non-hydrogen) atoms. The summed E-state index contributed by atoms with van der Waals surface area (Å²) in [6.45, 7) is 5.36. The molecule has 3 rings (SSSR count). The van der Waals surface area contributed by atoms with Gasteiger partial charge in [-0.3, -0.25) is 0 Å². The number of hydrogen-bond acceptors (Lipinski definition) is 3. The van der Waals surface area contributed by atoms with Gasteiger partial charge >= 0.3 is 0 Å². The fraction of sp³-hybridized carbons (Fsp3) is 1.00. The Morgan fingerprint density at radius 2 is 2.06 bits per heavy atom. The molecule has 3 heteroatoms. The molecule has 1 aliphatic carbocycles. The van der Waals surface area contributed by atoms with Gasteiger partial charge in [0.2, 0.25) is 0 Å². The van der Waals surface area contributed by atoms with Gasteiger partial charge in [0.1, 0.15) is 0 Å². The van der Waals surface area contributed by atoms with Crippen LogP contribution in [0.2, 0.25) is 0 Å². The summed E-state index contributed by atoms with van der Waals surface area (Å²) in [6, 6.07) is 0. The monoisotopic (exact) mass is 270 g/mol. The quantitative estimate of drug-likeness (QED) is 0.793. The molecule has 2 saturated heterocycles. The first kappa shape index (κ1) is 13.3. The zero-order chi connectivity index (χ0) is 12.9. The minimum absolute atomic E-state index is 0.0853. The van der Waals surface area contributed by atoms with Gasteiger partial charge in [-0.15, -0.1) is 0 Å². The molecule has 104 valence electrons. The minimum atomic E-state index is -0.447. The van der Waals surface area contributed by atoms with Crippen LogP contribution in [-0.2, 0) is 4.74 Å². The number of rotatable bonds is 1. The van der Waals surface area contributed by atoms with Crippen molar-refractivity contribution in [2.24, 2.45) is 11.3 Å². The molecule has 0 aromatic rings. The second-order valence-electron chi connectivity index (χ2n) is 7.19. The molecular formula is C15H26O2S. The van der Waals surface area contributed by atoms with Crippen molar-refractivity contribution in [2.75, 3.05) is 18.1 Å². The molecule has 1 saturated carbocycles. The summed E-state index contributed by atoms with van der Waals surface area (Å²) < 4.78 is 6.10. The summed E-state index contributed by atoms with van der Waals surface area (Å²) in [5.41, 5.74) is -0.263. The van der Waals surface area contributed by atoms with Gasteiger partial charge in [-0.2, -0.15) is 11.8 Å². The second kappa shape index (κ2) is 4.39. The van der Waals surface area contributed by atoms with E-state index in [0.717, 1.165) is 31.6 Å². The van der Waals surface area contributed by atoms with Crippen LogP contribution in [-0.4, -0.2) is 34.4 Å². The lowest BCUT2D eigenvalue weighted by Gasteiger charge is -2.49. The largest absolute Gasteiger partial charge is 0.389 e. The Labute approximate surface area is 115 Å². The first-order valence-electron chi connectivity index (χ1n) is 7.42. The van der Waals surface area contributed by atoms with E-state index in [-0.39, 0.29) is 11.0 Å². The van der Waals surface area contributed by atoms with Crippen LogP contribution in [0.1, 0.15) is 52.4 Å². The van der Waals surface area contributed by atoms with Crippen molar-refractivity contribution in [1.82, 2.24) is 0 Å². The molecule has 3 unspecified atom stereocenters. The van der Waals surface area contributed by atoms with Gasteiger partial charge in [-0.25, -0.2) is 0 Å². The highest BCUT2D eigenvalue weighted by Crippen LogP contribution is 2.55. The average molecular weight is 270 g/mol. The maximum absolute atomic E-state index is 11.2. The van der Waals surface area contributed by atoms with Crippen molar-refractivity contribution in [3.05, 3.63) is 0 Å². The summed E-state index contributed by atoms with van der Waals surface area (Å²) in [4.78, 5) is 0. The van der Waals surface area contributed by atoms with Crippen LogP contribution in [0.15, 0.2) is 0 Å². The third-order valence-corrected chi connectivity index (χ3v) is 6.99. The van der Waals surface area contributed by atoms with Gasteiger partial charge in [-0.05, 0) is 55.6 Å². The second-order valence-corrected chi connectivity index (χ2v) is 8.29. The van der Waals surface area contributed by atoms with E-state index in [0.29, 0.717) is 5.92 Å². The van der Waals surface area contributed by atoms with E-state index in [9.17, 15) is 5.11 Å². The first-order chi connectivity index (χ1) is 8.48. The van der Waals surface area contributed by atoms with Gasteiger partial charge in [0, 0.05) is 12.4 Å². The van der Waals surface area contributed by atoms with Gasteiger partial charge in [-0.1, -0.05) is 13.8 Å². The van der Waals surface area contributed by atoms with E-state index in [1.54, 1.807) is 0 Å². The highest BCUT2D eigenvalue weighted by molar-refractivity contribution is 7.99. The van der Waals surface area contributed by atoms with Crippen LogP contribution >= 0.6 is 11.8 Å². The van der Waals surface area contributed by atoms with Crippen molar-refractivity contribution < 1.29 is 9.84 Å². The molecule has 0 aromatic heterocycles. The Bertz CT molecular complexity index is 322. The molecule has 3 atom stereocenters. The topological polar surface area (TPSA) is 29.5 Å². The van der Waals surface area contributed by atoms with E-state index < -0.39 is 5.60 Å². The molecule has 3 aliphatic rings. The smallest absolute Gasteiger partial charge is 0.0784 e. The first-order valence-corrected chi connectivity index (χ1v) is 8.57. The summed E-state index contributed by atoms with van der Waals surface area (Å²) in [7, 11) is 0. The highest BCUT2D eigenvalue weighted by atomic mass is 32.2. The molecule has 2 nitrogen and oxygen atoms in total. The lowest BCUT2D eigenvalue weighted by Crippen LogP contribution is -2.53. The van der Waals surface area contributed by atoms with E-state index in [1.807, 2.05) is 11.8 Å². The molecular weight excluding hydrogens is 244 g/mol. The van der Waals surface area contributed by atoms with E-state index in [4.69, 9.17) is 4.74 Å². The van der Waals surface area contributed by atoms with Gasteiger partial charge in [0.05, 0.1) is 11.2 Å². The Kier molecular flexibility index (Phi) is 3.23. The van der Waals surface area contributed by atoms with Crippen LogP contribution in [0.3, 0.4) is 0 Å². The lowest BCUT2D eigenvalue weighted by atomic mass is 9.65. The molecule has 0 bridgehead atoms. The van der Waals surface area contributed by atoms with Crippen molar-refractivity contribution in [1.29, 1.82) is 0 Å². The van der Waals surface area contributed by atoms with Crippen LogP contribution in [0.4, 0.5) is 0 Å². The zero-order valence-corrected chi connectivity index (χ0v) is 12.5. The van der Waals surface area contributed by atoms with Crippen LogP contribution in [0, 0.1) is 11.3 Å². The summed E-state index contributed by atoms with van der Waals surface area (Å²) >= 11 is 2.02. The van der Waals surface area contributed by atoms with Crippen LogP contribution < -0.4 is 0 Å². The molecule has 0 aromatic carbocycles. The zero-order valence-electron chi connectivity index (χ0n) is 11.7. The van der Waals surface area contributed by atoms with Crippen LogP contribution in [0.5, 0.6) is 0 Å². The fourth-order valence-electron chi connectivity index (χ4n) is 4.41. The molecule has 1 spiro atoms. The number of hydrogen-bond donors (Lipinski definition) is 1. The molecule has 3 fully saturated rings. The van der Waals surface area contributed by atoms with Crippen molar-refractivity contribution in [2.45, 2.75) is 63.6 Å². The summed E-state index contributed by atoms with van der Waals surface area (Å²) in [5, 5.41) is 11.2. The predicted octanol–water partition coefficient (Wildman–Crippen LogP) is 3.23. The van der Waals surface area contributed by atoms with Crippen molar-refractivity contribution >= 4 is 11.8 Å².